The average Bonchev–Trinajstić information content (AvgIpc) is 3.06. The standard InChI is InChI=1S/C19H21FN4O2/c1-19(2,20)14-3-4-15(13(9-14)11-21)18(25)24-7-5-12(6-8-24)16-10-17(22)26-23-16/h3-4,9-10,12H,5-8,22H2,1-2H3. The molecule has 1 fully saturated rings. The SMILES string of the molecule is CC(C)(F)c1ccc(C(=O)N2CCC(c3cc(N)on3)CC2)c(C#N)c1. The van der Waals surface area contributed by atoms with E-state index in [0.717, 1.165) is 18.5 Å². The van der Waals surface area contributed by atoms with Gasteiger partial charge in [0.1, 0.15) is 5.67 Å². The predicted molar refractivity (Wildman–Crippen MR) is 94.1 cm³/mol. The number of nitrogens with zero attached hydrogens (tertiary/aromatic N) is 3. The summed E-state index contributed by atoms with van der Waals surface area (Å²) in [6.45, 7) is 3.95. The number of carbonyl (C=O) groups excluding carboxylic acids is 1. The number of benzene rings is 1. The van der Waals surface area contributed by atoms with E-state index in [-0.39, 0.29) is 23.3 Å². The first kappa shape index (κ1) is 17.9. The van der Waals surface area contributed by atoms with E-state index in [9.17, 15) is 14.4 Å². The zero-order valence-electron chi connectivity index (χ0n) is 14.8. The molecule has 2 aromatic rings. The Kier molecular flexibility index (Phi) is 4.68. The van der Waals surface area contributed by atoms with Crippen molar-refractivity contribution < 1.29 is 13.7 Å². The maximum atomic E-state index is 14.1. The van der Waals surface area contributed by atoms with Crippen LogP contribution in [-0.4, -0.2) is 29.1 Å². The number of nitrogen functional groups attached to an aromatic ring is 1. The third-order valence-corrected chi connectivity index (χ3v) is 4.80. The van der Waals surface area contributed by atoms with E-state index >= 15 is 0 Å². The number of carbonyl (C=O) groups is 1. The van der Waals surface area contributed by atoms with Crippen molar-refractivity contribution >= 4 is 11.8 Å². The molecule has 0 spiro atoms. The summed E-state index contributed by atoms with van der Waals surface area (Å²) in [5.41, 5.74) is 5.69. The molecule has 7 heteroatoms. The van der Waals surface area contributed by atoms with Gasteiger partial charge in [0, 0.05) is 25.1 Å². The number of nitrogens with two attached hydrogens (primary N) is 1. The number of piperidine rings is 1. The fraction of sp³-hybridized carbons (Fsp3) is 0.421. The molecule has 0 bridgehead atoms. The van der Waals surface area contributed by atoms with Crippen LogP contribution in [0.2, 0.25) is 0 Å². The van der Waals surface area contributed by atoms with Gasteiger partial charge in [-0.3, -0.25) is 4.79 Å². The van der Waals surface area contributed by atoms with Gasteiger partial charge in [0.15, 0.2) is 0 Å². The molecule has 1 aromatic carbocycles. The lowest BCUT2D eigenvalue weighted by atomic mass is 9.92. The van der Waals surface area contributed by atoms with E-state index in [0.29, 0.717) is 24.2 Å². The van der Waals surface area contributed by atoms with Crippen LogP contribution in [0.15, 0.2) is 28.8 Å². The Balaban J connectivity index is 1.73. The van der Waals surface area contributed by atoms with Crippen LogP contribution in [0, 0.1) is 11.3 Å². The lowest BCUT2D eigenvalue weighted by molar-refractivity contribution is 0.0711. The Bertz CT molecular complexity index is 855. The molecule has 1 saturated heterocycles. The third-order valence-electron chi connectivity index (χ3n) is 4.80. The van der Waals surface area contributed by atoms with E-state index in [4.69, 9.17) is 10.3 Å². The first-order valence-electron chi connectivity index (χ1n) is 8.54. The molecular weight excluding hydrogens is 335 g/mol. The Morgan fingerprint density at radius 2 is 2.08 bits per heavy atom. The number of amides is 1. The lowest BCUT2D eigenvalue weighted by Gasteiger charge is -2.31. The molecule has 26 heavy (non-hydrogen) atoms. The van der Waals surface area contributed by atoms with Crippen molar-refractivity contribution in [2.75, 3.05) is 18.8 Å². The van der Waals surface area contributed by atoms with Gasteiger partial charge in [-0.1, -0.05) is 11.2 Å². The molecule has 0 saturated carbocycles. The highest BCUT2D eigenvalue weighted by molar-refractivity contribution is 5.96. The fourth-order valence-corrected chi connectivity index (χ4v) is 3.24. The summed E-state index contributed by atoms with van der Waals surface area (Å²) in [6, 6.07) is 8.30. The Hall–Kier alpha value is -2.88. The minimum absolute atomic E-state index is 0.199. The van der Waals surface area contributed by atoms with Crippen molar-refractivity contribution in [1.29, 1.82) is 5.26 Å². The molecule has 0 unspecified atom stereocenters. The smallest absolute Gasteiger partial charge is 0.255 e. The van der Waals surface area contributed by atoms with Gasteiger partial charge in [-0.2, -0.15) is 5.26 Å². The van der Waals surface area contributed by atoms with E-state index in [1.807, 2.05) is 6.07 Å². The minimum Gasteiger partial charge on any atom is -0.368 e. The van der Waals surface area contributed by atoms with Gasteiger partial charge in [-0.25, -0.2) is 4.39 Å². The van der Waals surface area contributed by atoms with Crippen molar-refractivity contribution in [3.8, 4) is 6.07 Å². The van der Waals surface area contributed by atoms with Crippen molar-refractivity contribution in [2.24, 2.45) is 0 Å². The second-order valence-electron chi connectivity index (χ2n) is 7.07. The number of hydrogen-bond donors (Lipinski definition) is 1. The monoisotopic (exact) mass is 356 g/mol. The molecule has 3 rings (SSSR count). The Morgan fingerprint density at radius 3 is 2.62 bits per heavy atom. The topological polar surface area (TPSA) is 96.2 Å². The van der Waals surface area contributed by atoms with Crippen LogP contribution in [0.3, 0.4) is 0 Å². The highest BCUT2D eigenvalue weighted by atomic mass is 19.1. The van der Waals surface area contributed by atoms with Gasteiger partial charge < -0.3 is 15.2 Å². The van der Waals surface area contributed by atoms with Crippen LogP contribution in [0.1, 0.15) is 59.8 Å². The van der Waals surface area contributed by atoms with Crippen molar-refractivity contribution in [3.05, 3.63) is 46.6 Å². The summed E-state index contributed by atoms with van der Waals surface area (Å²) in [5, 5.41) is 13.3. The summed E-state index contributed by atoms with van der Waals surface area (Å²) < 4.78 is 19.0. The highest BCUT2D eigenvalue weighted by Gasteiger charge is 2.28. The first-order valence-corrected chi connectivity index (χ1v) is 8.54. The quantitative estimate of drug-likeness (QED) is 0.910. The molecule has 6 nitrogen and oxygen atoms in total. The van der Waals surface area contributed by atoms with Crippen molar-refractivity contribution in [1.82, 2.24) is 10.1 Å². The van der Waals surface area contributed by atoms with E-state index in [2.05, 4.69) is 5.16 Å². The van der Waals surface area contributed by atoms with Gasteiger partial charge >= 0.3 is 0 Å². The van der Waals surface area contributed by atoms with Gasteiger partial charge in [-0.05, 0) is 44.4 Å². The maximum Gasteiger partial charge on any atom is 0.255 e. The van der Waals surface area contributed by atoms with Gasteiger partial charge in [0.25, 0.3) is 5.91 Å². The second-order valence-corrected chi connectivity index (χ2v) is 7.07. The molecule has 2 N–H and O–H groups in total. The number of hydrogen-bond acceptors (Lipinski definition) is 5. The number of nitriles is 1. The van der Waals surface area contributed by atoms with Crippen LogP contribution in [0.25, 0.3) is 0 Å². The van der Waals surface area contributed by atoms with Crippen LogP contribution in [0.4, 0.5) is 10.3 Å². The Labute approximate surface area is 151 Å². The van der Waals surface area contributed by atoms with Crippen LogP contribution in [0.5, 0.6) is 0 Å². The highest BCUT2D eigenvalue weighted by Crippen LogP contribution is 2.30. The number of rotatable bonds is 3. The number of aromatic nitrogens is 1. The number of anilines is 1. The van der Waals surface area contributed by atoms with Crippen molar-refractivity contribution in [2.45, 2.75) is 38.3 Å². The van der Waals surface area contributed by atoms with E-state index in [1.54, 1.807) is 23.1 Å². The maximum absolute atomic E-state index is 14.1. The third kappa shape index (κ3) is 3.54. The number of likely N-dealkylation sites (tertiary alicyclic amines) is 1. The summed E-state index contributed by atoms with van der Waals surface area (Å²) in [5.74, 6) is 0.279. The molecule has 1 aromatic heterocycles. The zero-order valence-corrected chi connectivity index (χ0v) is 14.8. The fourth-order valence-electron chi connectivity index (χ4n) is 3.24. The summed E-state index contributed by atoms with van der Waals surface area (Å²) in [6.07, 6.45) is 1.49. The molecule has 0 atom stereocenters. The molecule has 0 aliphatic carbocycles. The molecular formula is C19H21FN4O2. The molecule has 1 aliphatic heterocycles. The number of alkyl halides is 1. The molecule has 0 radical (unpaired) electrons. The minimum atomic E-state index is -1.56. The van der Waals surface area contributed by atoms with Crippen LogP contribution < -0.4 is 5.73 Å². The lowest BCUT2D eigenvalue weighted by Crippen LogP contribution is -2.38. The second kappa shape index (κ2) is 6.79. The summed E-state index contributed by atoms with van der Waals surface area (Å²) in [4.78, 5) is 14.5. The Morgan fingerprint density at radius 1 is 1.38 bits per heavy atom. The zero-order chi connectivity index (χ0) is 18.9. The first-order chi connectivity index (χ1) is 12.3. The van der Waals surface area contributed by atoms with Gasteiger partial charge in [-0.15, -0.1) is 0 Å². The summed E-state index contributed by atoms with van der Waals surface area (Å²) in [7, 11) is 0. The summed E-state index contributed by atoms with van der Waals surface area (Å²) >= 11 is 0. The molecule has 1 aliphatic rings. The molecule has 136 valence electrons. The normalized spacial score (nSPS) is 15.7. The van der Waals surface area contributed by atoms with E-state index in [1.165, 1.54) is 19.9 Å². The predicted octanol–water partition coefficient (Wildman–Crippen LogP) is 3.35. The average molecular weight is 356 g/mol. The van der Waals surface area contributed by atoms with Crippen LogP contribution in [-0.2, 0) is 5.67 Å². The molecule has 2 heterocycles. The molecule has 1 amide bonds. The van der Waals surface area contributed by atoms with Gasteiger partial charge in [0.05, 0.1) is 22.9 Å². The number of halogens is 1. The van der Waals surface area contributed by atoms with Crippen molar-refractivity contribution in [3.63, 3.8) is 0 Å². The largest absolute Gasteiger partial charge is 0.368 e. The van der Waals surface area contributed by atoms with Crippen LogP contribution >= 0.6 is 0 Å². The van der Waals surface area contributed by atoms with Gasteiger partial charge in [0.2, 0.25) is 5.88 Å². The van der Waals surface area contributed by atoms with E-state index < -0.39 is 5.67 Å².